The second-order valence-electron chi connectivity index (χ2n) is 14.3. The lowest BCUT2D eigenvalue weighted by Gasteiger charge is -2.22. The Hall–Kier alpha value is -5.08. The molecule has 0 amide bonds. The monoisotopic (exact) mass is 596 g/mol. The van der Waals surface area contributed by atoms with Gasteiger partial charge in [-0.1, -0.05) is 139 Å². The van der Waals surface area contributed by atoms with Gasteiger partial charge in [0.1, 0.15) is 0 Å². The van der Waals surface area contributed by atoms with Crippen molar-refractivity contribution in [3.63, 3.8) is 0 Å². The van der Waals surface area contributed by atoms with E-state index in [1.54, 1.807) is 0 Å². The summed E-state index contributed by atoms with van der Waals surface area (Å²) in [6.07, 6.45) is 1.82. The van der Waals surface area contributed by atoms with Gasteiger partial charge in [-0.15, -0.1) is 0 Å². The first-order chi connectivity index (χ1) is 22.1. The van der Waals surface area contributed by atoms with Gasteiger partial charge in [0.25, 0.3) is 0 Å². The minimum atomic E-state index is 0.0865. The minimum absolute atomic E-state index is 0.0865. The lowest BCUT2D eigenvalue weighted by atomic mass is 9.82. The highest BCUT2D eigenvalue weighted by Gasteiger charge is 2.20. The summed E-state index contributed by atoms with van der Waals surface area (Å²) in [6, 6.07) is 46.2. The molecular formula is C44H40N2. The van der Waals surface area contributed by atoms with Crippen molar-refractivity contribution in [3.8, 4) is 44.9 Å². The summed E-state index contributed by atoms with van der Waals surface area (Å²) >= 11 is 0. The Morgan fingerprint density at radius 2 is 0.870 bits per heavy atom. The minimum Gasteiger partial charge on any atom is -0.255 e. The van der Waals surface area contributed by atoms with Gasteiger partial charge in [0.05, 0.1) is 17.1 Å². The van der Waals surface area contributed by atoms with E-state index in [2.05, 4.69) is 150 Å². The van der Waals surface area contributed by atoms with Gasteiger partial charge in [-0.2, -0.15) is 0 Å². The molecule has 0 N–H and O–H groups in total. The number of pyridine rings is 2. The van der Waals surface area contributed by atoms with Crippen LogP contribution in [0.5, 0.6) is 0 Å². The fourth-order valence-electron chi connectivity index (χ4n) is 6.49. The highest BCUT2D eigenvalue weighted by molar-refractivity contribution is 6.21. The summed E-state index contributed by atoms with van der Waals surface area (Å²) in [5.74, 6) is 0. The van der Waals surface area contributed by atoms with Crippen LogP contribution in [0.4, 0.5) is 0 Å². The molecule has 2 aromatic heterocycles. The molecule has 0 aliphatic carbocycles. The molecule has 2 nitrogen and oxygen atoms in total. The van der Waals surface area contributed by atoms with Crippen LogP contribution in [0, 0.1) is 0 Å². The van der Waals surface area contributed by atoms with E-state index < -0.39 is 0 Å². The second kappa shape index (κ2) is 11.4. The van der Waals surface area contributed by atoms with Gasteiger partial charge >= 0.3 is 0 Å². The van der Waals surface area contributed by atoms with Crippen molar-refractivity contribution in [3.05, 3.63) is 145 Å². The molecule has 0 aliphatic heterocycles. The van der Waals surface area contributed by atoms with Crippen molar-refractivity contribution < 1.29 is 0 Å². The molecule has 0 unspecified atom stereocenters. The first-order valence-corrected chi connectivity index (χ1v) is 16.2. The third kappa shape index (κ3) is 5.49. The van der Waals surface area contributed by atoms with Crippen LogP contribution in [0.1, 0.15) is 52.7 Å². The fraction of sp³-hybridized carbons (Fsp3) is 0.182. The summed E-state index contributed by atoms with van der Waals surface area (Å²) in [5.41, 5.74) is 11.6. The average Bonchev–Trinajstić information content (AvgIpc) is 3.07. The Morgan fingerprint density at radius 3 is 1.41 bits per heavy atom. The maximum Gasteiger partial charge on any atom is 0.0893 e. The topological polar surface area (TPSA) is 25.8 Å². The van der Waals surface area contributed by atoms with Crippen molar-refractivity contribution in [1.29, 1.82) is 0 Å². The number of rotatable bonds is 4. The van der Waals surface area contributed by atoms with Crippen LogP contribution in [0.25, 0.3) is 66.4 Å². The maximum absolute atomic E-state index is 5.07. The SMILES string of the molecule is CC(C)(C)c1ccc(-c2c3ccccc3c(-c3ccc(C(C)(C)C)cc3)c3cc(-c4cccc(-c5ccccn5)n4)ccc23)cc1. The van der Waals surface area contributed by atoms with Gasteiger partial charge in [-0.25, -0.2) is 4.98 Å². The number of nitrogens with zero attached hydrogens (tertiary/aromatic N) is 2. The molecule has 0 saturated heterocycles. The predicted octanol–water partition coefficient (Wildman–Crippen LogP) is 12.0. The molecule has 5 aromatic carbocycles. The highest BCUT2D eigenvalue weighted by atomic mass is 14.8. The zero-order valence-electron chi connectivity index (χ0n) is 27.6. The third-order valence-electron chi connectivity index (χ3n) is 9.08. The summed E-state index contributed by atoms with van der Waals surface area (Å²) in [6.45, 7) is 13.6. The Kier molecular flexibility index (Phi) is 7.32. The van der Waals surface area contributed by atoms with Gasteiger partial charge in [0.15, 0.2) is 0 Å². The Balaban J connectivity index is 1.51. The van der Waals surface area contributed by atoms with Crippen molar-refractivity contribution in [2.24, 2.45) is 0 Å². The molecule has 0 spiro atoms. The van der Waals surface area contributed by atoms with Crippen molar-refractivity contribution in [1.82, 2.24) is 9.97 Å². The molecule has 226 valence electrons. The van der Waals surface area contributed by atoms with Crippen LogP contribution in [-0.2, 0) is 10.8 Å². The average molecular weight is 597 g/mol. The first-order valence-electron chi connectivity index (χ1n) is 16.2. The van der Waals surface area contributed by atoms with Crippen LogP contribution in [0.2, 0.25) is 0 Å². The summed E-state index contributed by atoms with van der Waals surface area (Å²) in [7, 11) is 0. The molecule has 0 bridgehead atoms. The summed E-state index contributed by atoms with van der Waals surface area (Å²) in [5, 5.41) is 4.97. The molecule has 2 heterocycles. The number of benzene rings is 5. The molecule has 7 aromatic rings. The normalized spacial score (nSPS) is 12.1. The Morgan fingerprint density at radius 1 is 0.391 bits per heavy atom. The maximum atomic E-state index is 5.07. The molecule has 0 fully saturated rings. The van der Waals surface area contributed by atoms with Gasteiger partial charge in [-0.05, 0) is 96.1 Å². The molecular weight excluding hydrogens is 556 g/mol. The van der Waals surface area contributed by atoms with E-state index in [0.29, 0.717) is 0 Å². The van der Waals surface area contributed by atoms with Crippen LogP contribution >= 0.6 is 0 Å². The van der Waals surface area contributed by atoms with E-state index >= 15 is 0 Å². The van der Waals surface area contributed by atoms with Crippen molar-refractivity contribution >= 4 is 21.5 Å². The summed E-state index contributed by atoms with van der Waals surface area (Å²) in [4.78, 5) is 9.62. The zero-order chi connectivity index (χ0) is 32.1. The second-order valence-corrected chi connectivity index (χ2v) is 14.3. The molecule has 0 radical (unpaired) electrons. The van der Waals surface area contributed by atoms with Crippen LogP contribution in [0.3, 0.4) is 0 Å². The van der Waals surface area contributed by atoms with Crippen LogP contribution in [0.15, 0.2) is 134 Å². The van der Waals surface area contributed by atoms with Gasteiger partial charge in [0, 0.05) is 11.8 Å². The van der Waals surface area contributed by atoms with E-state index in [4.69, 9.17) is 4.98 Å². The lowest BCUT2D eigenvalue weighted by Crippen LogP contribution is -2.10. The van der Waals surface area contributed by atoms with Gasteiger partial charge in [-0.3, -0.25) is 4.98 Å². The molecule has 0 atom stereocenters. The Labute approximate surface area is 272 Å². The highest BCUT2D eigenvalue weighted by Crippen LogP contribution is 2.45. The van der Waals surface area contributed by atoms with Crippen LogP contribution < -0.4 is 0 Å². The molecule has 0 aliphatic rings. The number of hydrogen-bond acceptors (Lipinski definition) is 2. The number of hydrogen-bond donors (Lipinski definition) is 0. The predicted molar refractivity (Wildman–Crippen MR) is 196 cm³/mol. The molecule has 46 heavy (non-hydrogen) atoms. The quantitative estimate of drug-likeness (QED) is 0.189. The lowest BCUT2D eigenvalue weighted by molar-refractivity contribution is 0.590. The third-order valence-corrected chi connectivity index (χ3v) is 9.08. The molecule has 2 heteroatoms. The van der Waals surface area contributed by atoms with E-state index in [-0.39, 0.29) is 10.8 Å². The number of aromatic nitrogens is 2. The van der Waals surface area contributed by atoms with Crippen molar-refractivity contribution in [2.45, 2.75) is 52.4 Å². The standard InChI is InChI=1S/C44H40N2/c1-43(2,3)32-22-17-29(18-23-32)41-34-12-7-8-13-35(34)42(30-19-24-33(25-20-30)44(4,5)6)37-28-31(21-26-36(37)41)38-15-11-16-40(46-38)39-14-9-10-27-45-39/h7-28H,1-6H3. The van der Waals surface area contributed by atoms with Gasteiger partial charge in [0.2, 0.25) is 0 Å². The summed E-state index contributed by atoms with van der Waals surface area (Å²) < 4.78 is 0. The first kappa shape index (κ1) is 29.6. The van der Waals surface area contributed by atoms with Crippen LogP contribution in [-0.4, -0.2) is 9.97 Å². The smallest absolute Gasteiger partial charge is 0.0893 e. The van der Waals surface area contributed by atoms with Gasteiger partial charge < -0.3 is 0 Å². The zero-order valence-corrected chi connectivity index (χ0v) is 27.6. The van der Waals surface area contributed by atoms with E-state index in [1.165, 1.54) is 54.9 Å². The largest absolute Gasteiger partial charge is 0.255 e. The fourth-order valence-corrected chi connectivity index (χ4v) is 6.49. The number of fused-ring (bicyclic) bond motifs is 2. The Bertz CT molecular complexity index is 2180. The van der Waals surface area contributed by atoms with E-state index in [9.17, 15) is 0 Å². The van der Waals surface area contributed by atoms with E-state index in [0.717, 1.165) is 22.6 Å². The van der Waals surface area contributed by atoms with E-state index in [1.807, 2.05) is 30.5 Å². The molecule has 0 saturated carbocycles. The van der Waals surface area contributed by atoms with Crippen molar-refractivity contribution in [2.75, 3.05) is 0 Å². The molecule has 7 rings (SSSR count).